The molecule has 0 saturated heterocycles. The second kappa shape index (κ2) is 11.0. The van der Waals surface area contributed by atoms with Crippen molar-refractivity contribution >= 4 is 67.0 Å². The SMILES string of the molecule is N#CC(C#N)=C1C(=Nc2cc3c(s2)-c2sc(N=C4C(=O)C5CC(F)C(F)CC5C4=O)cc2C32CCCCC2)C(=O)c2cc(F)c(F)cc21. The number of hydrogen-bond donors (Lipinski definition) is 0. The van der Waals surface area contributed by atoms with Crippen LogP contribution in [-0.2, 0) is 15.0 Å². The van der Waals surface area contributed by atoms with E-state index in [0.717, 1.165) is 65.1 Å². The van der Waals surface area contributed by atoms with Crippen molar-refractivity contribution in [1.29, 1.82) is 10.5 Å². The van der Waals surface area contributed by atoms with Crippen molar-refractivity contribution in [3.8, 4) is 21.9 Å². The number of nitriles is 2. The molecule has 0 amide bonds. The van der Waals surface area contributed by atoms with E-state index in [9.17, 15) is 42.5 Å². The number of fused-ring (bicyclic) bond motifs is 7. The van der Waals surface area contributed by atoms with Crippen LogP contribution in [0.2, 0.25) is 0 Å². The molecule has 4 unspecified atom stereocenters. The van der Waals surface area contributed by atoms with E-state index in [1.165, 1.54) is 22.7 Å². The molecule has 2 aromatic heterocycles. The van der Waals surface area contributed by atoms with E-state index < -0.39 is 64.2 Å². The molecule has 5 aliphatic rings. The first-order chi connectivity index (χ1) is 23.1. The van der Waals surface area contributed by atoms with Gasteiger partial charge in [0.1, 0.15) is 45.8 Å². The minimum absolute atomic E-state index is 0.0761. The average Bonchev–Trinajstić information content (AvgIpc) is 3.84. The van der Waals surface area contributed by atoms with E-state index in [1.807, 2.05) is 12.1 Å². The van der Waals surface area contributed by atoms with Crippen molar-refractivity contribution < 1.29 is 31.9 Å². The van der Waals surface area contributed by atoms with Crippen LogP contribution in [-0.4, -0.2) is 41.1 Å². The molecule has 3 saturated carbocycles. The summed E-state index contributed by atoms with van der Waals surface area (Å²) in [5.74, 6) is -6.10. The monoisotopic (exact) mass is 686 g/mol. The quantitative estimate of drug-likeness (QED) is 0.200. The second-order valence-electron chi connectivity index (χ2n) is 12.8. The number of carbonyl (C=O) groups excluding carboxylic acids is 3. The van der Waals surface area contributed by atoms with Crippen LogP contribution in [0.5, 0.6) is 0 Å². The number of carbonyl (C=O) groups is 3. The molecule has 0 radical (unpaired) electrons. The number of benzene rings is 1. The fourth-order valence-electron chi connectivity index (χ4n) is 8.05. The van der Waals surface area contributed by atoms with Crippen LogP contribution in [0.25, 0.3) is 15.3 Å². The summed E-state index contributed by atoms with van der Waals surface area (Å²) in [7, 11) is 0. The number of alkyl halides is 2. The second-order valence-corrected chi connectivity index (χ2v) is 14.8. The highest BCUT2D eigenvalue weighted by molar-refractivity contribution is 7.26. The summed E-state index contributed by atoms with van der Waals surface area (Å²) in [6, 6.07) is 8.78. The van der Waals surface area contributed by atoms with E-state index in [4.69, 9.17) is 0 Å². The van der Waals surface area contributed by atoms with E-state index >= 15 is 0 Å². The Balaban J connectivity index is 1.22. The summed E-state index contributed by atoms with van der Waals surface area (Å²) in [6.07, 6.45) is 0.311. The number of allylic oxidation sites excluding steroid dienone is 2. The van der Waals surface area contributed by atoms with E-state index in [-0.39, 0.29) is 41.0 Å². The summed E-state index contributed by atoms with van der Waals surface area (Å²) in [6.45, 7) is 0. The maximum Gasteiger partial charge on any atom is 0.212 e. The lowest BCUT2D eigenvalue weighted by Gasteiger charge is -2.34. The van der Waals surface area contributed by atoms with Gasteiger partial charge in [-0.2, -0.15) is 10.5 Å². The Hall–Kier alpha value is -4.59. The van der Waals surface area contributed by atoms with Crippen LogP contribution >= 0.6 is 22.7 Å². The maximum absolute atomic E-state index is 14.2. The van der Waals surface area contributed by atoms with Crippen molar-refractivity contribution in [1.82, 2.24) is 0 Å². The van der Waals surface area contributed by atoms with Gasteiger partial charge in [-0.05, 0) is 61.1 Å². The van der Waals surface area contributed by atoms with Gasteiger partial charge in [0.2, 0.25) is 5.78 Å². The van der Waals surface area contributed by atoms with Crippen molar-refractivity contribution in [2.24, 2.45) is 21.8 Å². The topological polar surface area (TPSA) is 124 Å². The lowest BCUT2D eigenvalue weighted by Crippen LogP contribution is -2.35. The molecule has 2 heterocycles. The van der Waals surface area contributed by atoms with Crippen molar-refractivity contribution in [3.05, 3.63) is 63.7 Å². The highest BCUT2D eigenvalue weighted by Gasteiger charge is 2.53. The van der Waals surface area contributed by atoms with E-state index in [2.05, 4.69) is 9.98 Å². The number of Topliss-reactive ketones (excluding diaryl/α,β-unsaturated/α-hetero) is 3. The van der Waals surface area contributed by atoms with Crippen molar-refractivity contribution in [2.45, 2.75) is 62.7 Å². The molecule has 48 heavy (non-hydrogen) atoms. The first-order valence-corrected chi connectivity index (χ1v) is 17.1. The Morgan fingerprint density at radius 2 is 1.25 bits per heavy atom. The minimum atomic E-state index is -1.79. The summed E-state index contributed by atoms with van der Waals surface area (Å²) in [4.78, 5) is 50.6. The zero-order chi connectivity index (χ0) is 33.6. The van der Waals surface area contributed by atoms with Crippen LogP contribution in [0.3, 0.4) is 0 Å². The molecule has 0 aliphatic heterocycles. The van der Waals surface area contributed by atoms with Gasteiger partial charge in [0.05, 0.1) is 9.75 Å². The van der Waals surface area contributed by atoms with Gasteiger partial charge >= 0.3 is 0 Å². The fourth-order valence-corrected chi connectivity index (χ4v) is 10.5. The number of hydrogen-bond acceptors (Lipinski definition) is 9. The molecule has 8 rings (SSSR count). The van der Waals surface area contributed by atoms with Gasteiger partial charge < -0.3 is 0 Å². The first-order valence-electron chi connectivity index (χ1n) is 15.5. The molecule has 7 nitrogen and oxygen atoms in total. The Labute approximate surface area is 278 Å². The van der Waals surface area contributed by atoms with Crippen LogP contribution in [0.4, 0.5) is 27.6 Å². The standard InChI is InChI=1S/C35H22F4N4O3S2/c36-21-6-15-16(7-22(21)37)30(44)28(27(15)14(12-40)13-41)42-25-10-19-33(47-25)34-20(35(19)4-2-1-3-5-35)11-26(48-34)43-29-31(45)17-8-23(38)24(39)9-18(17)32(29)46/h6-7,10-11,17-18,23-24H,1-5,8-9H2. The summed E-state index contributed by atoms with van der Waals surface area (Å²) in [5.41, 5.74) is 0.210. The molecule has 4 atom stereocenters. The Kier molecular flexibility index (Phi) is 7.02. The van der Waals surface area contributed by atoms with Gasteiger partial charge in [-0.25, -0.2) is 27.5 Å². The summed E-state index contributed by atoms with van der Waals surface area (Å²) >= 11 is 2.57. The zero-order valence-corrected chi connectivity index (χ0v) is 26.5. The normalized spacial score (nSPS) is 26.0. The summed E-state index contributed by atoms with van der Waals surface area (Å²) in [5, 5.41) is 20.1. The van der Waals surface area contributed by atoms with Gasteiger partial charge in [-0.1, -0.05) is 19.3 Å². The maximum atomic E-state index is 14.2. The molecule has 240 valence electrons. The molecular formula is C35H22F4N4O3S2. The summed E-state index contributed by atoms with van der Waals surface area (Å²) < 4.78 is 56.6. The molecule has 3 aromatic rings. The lowest BCUT2D eigenvalue weighted by molar-refractivity contribution is -0.123. The van der Waals surface area contributed by atoms with Crippen molar-refractivity contribution in [3.63, 3.8) is 0 Å². The number of aliphatic imine (C=N–C) groups is 2. The van der Waals surface area contributed by atoms with Crippen LogP contribution in [0, 0.1) is 46.1 Å². The number of rotatable bonds is 2. The third-order valence-electron chi connectivity index (χ3n) is 10.3. The zero-order valence-electron chi connectivity index (χ0n) is 24.9. The molecule has 5 aliphatic carbocycles. The number of thiophene rings is 2. The van der Waals surface area contributed by atoms with Gasteiger partial charge in [0.25, 0.3) is 0 Å². The molecule has 3 fully saturated rings. The Bertz CT molecular complexity index is 2150. The van der Waals surface area contributed by atoms with E-state index in [1.54, 1.807) is 12.1 Å². The van der Waals surface area contributed by atoms with Crippen LogP contribution < -0.4 is 0 Å². The number of halogens is 4. The van der Waals surface area contributed by atoms with Crippen LogP contribution in [0.1, 0.15) is 72.0 Å². The molecule has 1 spiro atoms. The van der Waals surface area contributed by atoms with Gasteiger partial charge in [-0.15, -0.1) is 22.7 Å². The third kappa shape index (κ3) is 4.30. The highest BCUT2D eigenvalue weighted by atomic mass is 32.1. The fraction of sp³-hybridized carbons (Fsp3) is 0.343. The van der Waals surface area contributed by atoms with Gasteiger partial charge in [0.15, 0.2) is 28.9 Å². The Morgan fingerprint density at radius 1 is 0.750 bits per heavy atom. The minimum Gasteiger partial charge on any atom is -0.292 e. The highest BCUT2D eigenvalue weighted by Crippen LogP contribution is 2.63. The Morgan fingerprint density at radius 3 is 1.77 bits per heavy atom. The molecular weight excluding hydrogens is 665 g/mol. The number of nitrogens with zero attached hydrogens (tertiary/aromatic N) is 4. The number of ketones is 3. The smallest absolute Gasteiger partial charge is 0.212 e. The predicted molar refractivity (Wildman–Crippen MR) is 171 cm³/mol. The molecule has 1 aromatic carbocycles. The molecule has 0 N–H and O–H groups in total. The largest absolute Gasteiger partial charge is 0.292 e. The van der Waals surface area contributed by atoms with Gasteiger partial charge in [-0.3, -0.25) is 14.4 Å². The predicted octanol–water partition coefficient (Wildman–Crippen LogP) is 8.01. The van der Waals surface area contributed by atoms with Gasteiger partial charge in [0, 0.05) is 34.0 Å². The van der Waals surface area contributed by atoms with Crippen LogP contribution in [0.15, 0.2) is 39.8 Å². The first kappa shape index (κ1) is 30.7. The third-order valence-corrected chi connectivity index (χ3v) is 12.5. The lowest BCUT2D eigenvalue weighted by atomic mass is 9.68. The molecule has 13 heteroatoms. The van der Waals surface area contributed by atoms with E-state index in [0.29, 0.717) is 10.0 Å². The van der Waals surface area contributed by atoms with Crippen molar-refractivity contribution in [2.75, 3.05) is 0 Å². The molecule has 0 bridgehead atoms. The average molecular weight is 687 g/mol.